The number of methoxy groups -OCH3 is 1. The zero-order valence-corrected chi connectivity index (χ0v) is 15.3. The van der Waals surface area contributed by atoms with Crippen molar-refractivity contribution < 1.29 is 18.8 Å². The first-order valence-electron chi connectivity index (χ1n) is 8.68. The fraction of sp³-hybridized carbons (Fsp3) is 0.421. The van der Waals surface area contributed by atoms with Gasteiger partial charge in [0.2, 0.25) is 5.91 Å². The second kappa shape index (κ2) is 7.59. The standard InChI is InChI=1S/C19H23N3O4/c1-12-15(13(2)26-21-12)11-18(23)20-16-10-14(19(24)25-3)6-7-17(16)22-8-4-5-9-22/h6-7,10H,4-5,8-9,11H2,1-3H3,(H,20,23). The largest absolute Gasteiger partial charge is 0.465 e. The van der Waals surface area contributed by atoms with Gasteiger partial charge in [0.1, 0.15) is 5.76 Å². The molecule has 1 aliphatic rings. The first-order valence-corrected chi connectivity index (χ1v) is 8.68. The van der Waals surface area contributed by atoms with Crippen LogP contribution in [0, 0.1) is 13.8 Å². The van der Waals surface area contributed by atoms with E-state index in [0.717, 1.165) is 37.2 Å². The SMILES string of the molecule is COC(=O)c1ccc(N2CCCC2)c(NC(=O)Cc2c(C)noc2C)c1. The number of carbonyl (C=O) groups is 2. The van der Waals surface area contributed by atoms with Crippen molar-refractivity contribution in [2.45, 2.75) is 33.1 Å². The minimum Gasteiger partial charge on any atom is -0.465 e. The lowest BCUT2D eigenvalue weighted by molar-refractivity contribution is -0.115. The van der Waals surface area contributed by atoms with Gasteiger partial charge in [0.05, 0.1) is 36.2 Å². The molecule has 0 bridgehead atoms. The van der Waals surface area contributed by atoms with E-state index in [-0.39, 0.29) is 12.3 Å². The number of hydrogen-bond donors (Lipinski definition) is 1. The Kier molecular flexibility index (Phi) is 5.25. The fourth-order valence-electron chi connectivity index (χ4n) is 3.22. The maximum atomic E-state index is 12.6. The molecule has 1 aromatic heterocycles. The van der Waals surface area contributed by atoms with Crippen molar-refractivity contribution in [2.24, 2.45) is 0 Å². The molecule has 0 atom stereocenters. The van der Waals surface area contributed by atoms with E-state index < -0.39 is 5.97 Å². The molecule has 0 radical (unpaired) electrons. The molecule has 7 nitrogen and oxygen atoms in total. The number of amides is 1. The fourth-order valence-corrected chi connectivity index (χ4v) is 3.22. The number of rotatable bonds is 5. The number of hydrogen-bond acceptors (Lipinski definition) is 6. The van der Waals surface area contributed by atoms with E-state index in [9.17, 15) is 9.59 Å². The van der Waals surface area contributed by atoms with E-state index in [1.165, 1.54) is 7.11 Å². The number of aryl methyl sites for hydroxylation is 2. The average molecular weight is 357 g/mol. The van der Waals surface area contributed by atoms with Crippen molar-refractivity contribution in [3.8, 4) is 0 Å². The number of nitrogens with zero attached hydrogens (tertiary/aromatic N) is 2. The van der Waals surface area contributed by atoms with Gasteiger partial charge < -0.3 is 19.5 Å². The Morgan fingerprint density at radius 2 is 2.00 bits per heavy atom. The van der Waals surface area contributed by atoms with Crippen LogP contribution in [0.1, 0.15) is 40.2 Å². The minimum absolute atomic E-state index is 0.170. The van der Waals surface area contributed by atoms with Gasteiger partial charge >= 0.3 is 5.97 Å². The lowest BCUT2D eigenvalue weighted by Gasteiger charge is -2.22. The highest BCUT2D eigenvalue weighted by Gasteiger charge is 2.20. The van der Waals surface area contributed by atoms with Gasteiger partial charge in [-0.15, -0.1) is 0 Å². The third-order valence-electron chi connectivity index (χ3n) is 4.66. The van der Waals surface area contributed by atoms with Crippen LogP contribution < -0.4 is 10.2 Å². The summed E-state index contributed by atoms with van der Waals surface area (Å²) in [6.45, 7) is 5.47. The van der Waals surface area contributed by atoms with Crippen LogP contribution in [-0.2, 0) is 16.0 Å². The van der Waals surface area contributed by atoms with Gasteiger partial charge in [0.15, 0.2) is 0 Å². The zero-order valence-electron chi connectivity index (χ0n) is 15.3. The molecule has 1 aliphatic heterocycles. The second-order valence-electron chi connectivity index (χ2n) is 6.45. The number of ether oxygens (including phenoxy) is 1. The summed E-state index contributed by atoms with van der Waals surface area (Å²) in [6, 6.07) is 5.26. The summed E-state index contributed by atoms with van der Waals surface area (Å²) in [4.78, 5) is 26.7. The van der Waals surface area contributed by atoms with Crippen molar-refractivity contribution in [1.29, 1.82) is 0 Å². The lowest BCUT2D eigenvalue weighted by Crippen LogP contribution is -2.22. The molecule has 1 amide bonds. The third-order valence-corrected chi connectivity index (χ3v) is 4.66. The zero-order chi connectivity index (χ0) is 18.7. The molecule has 2 heterocycles. The van der Waals surface area contributed by atoms with Crippen LogP contribution >= 0.6 is 0 Å². The number of anilines is 2. The van der Waals surface area contributed by atoms with E-state index in [1.807, 2.05) is 13.0 Å². The van der Waals surface area contributed by atoms with Crippen molar-refractivity contribution in [2.75, 3.05) is 30.4 Å². The molecule has 0 saturated carbocycles. The quantitative estimate of drug-likeness (QED) is 0.828. The summed E-state index contributed by atoms with van der Waals surface area (Å²) in [5, 5.41) is 6.82. The Morgan fingerprint density at radius 3 is 2.62 bits per heavy atom. The summed E-state index contributed by atoms with van der Waals surface area (Å²) in [6.07, 6.45) is 2.40. The molecule has 2 aromatic rings. The summed E-state index contributed by atoms with van der Waals surface area (Å²) in [5.41, 5.74) is 3.44. The van der Waals surface area contributed by atoms with Gasteiger partial charge in [-0.25, -0.2) is 4.79 Å². The molecule has 1 N–H and O–H groups in total. The van der Waals surface area contributed by atoms with Gasteiger partial charge in [-0.1, -0.05) is 5.16 Å². The van der Waals surface area contributed by atoms with Crippen LogP contribution in [0.2, 0.25) is 0 Å². The smallest absolute Gasteiger partial charge is 0.337 e. The van der Waals surface area contributed by atoms with Crippen molar-refractivity contribution >= 4 is 23.3 Å². The second-order valence-corrected chi connectivity index (χ2v) is 6.45. The first-order chi connectivity index (χ1) is 12.5. The summed E-state index contributed by atoms with van der Waals surface area (Å²) < 4.78 is 9.91. The summed E-state index contributed by atoms with van der Waals surface area (Å²) >= 11 is 0. The monoisotopic (exact) mass is 357 g/mol. The number of carbonyl (C=O) groups excluding carboxylic acids is 2. The molecule has 1 aromatic carbocycles. The van der Waals surface area contributed by atoms with Crippen molar-refractivity contribution in [3.05, 3.63) is 40.8 Å². The molecule has 26 heavy (non-hydrogen) atoms. The maximum Gasteiger partial charge on any atom is 0.337 e. The molecular weight excluding hydrogens is 334 g/mol. The van der Waals surface area contributed by atoms with Crippen LogP contribution in [0.15, 0.2) is 22.7 Å². The summed E-state index contributed by atoms with van der Waals surface area (Å²) in [7, 11) is 1.34. The normalized spacial score (nSPS) is 13.7. The minimum atomic E-state index is -0.431. The lowest BCUT2D eigenvalue weighted by atomic mass is 10.1. The highest BCUT2D eigenvalue weighted by atomic mass is 16.5. The topological polar surface area (TPSA) is 84.7 Å². The number of aromatic nitrogens is 1. The first kappa shape index (κ1) is 18.0. The predicted molar refractivity (Wildman–Crippen MR) is 97.5 cm³/mol. The van der Waals surface area contributed by atoms with E-state index in [1.54, 1.807) is 19.1 Å². The van der Waals surface area contributed by atoms with Crippen LogP contribution in [0.5, 0.6) is 0 Å². The molecule has 7 heteroatoms. The molecule has 0 aliphatic carbocycles. The van der Waals surface area contributed by atoms with Gasteiger partial charge in [-0.2, -0.15) is 0 Å². The van der Waals surface area contributed by atoms with Crippen LogP contribution in [0.4, 0.5) is 11.4 Å². The number of esters is 1. The van der Waals surface area contributed by atoms with Gasteiger partial charge in [0, 0.05) is 18.7 Å². The van der Waals surface area contributed by atoms with E-state index in [2.05, 4.69) is 15.4 Å². The maximum absolute atomic E-state index is 12.6. The van der Waals surface area contributed by atoms with Gasteiger partial charge in [0.25, 0.3) is 0 Å². The van der Waals surface area contributed by atoms with E-state index >= 15 is 0 Å². The molecule has 1 fully saturated rings. The average Bonchev–Trinajstić information content (AvgIpc) is 3.27. The number of nitrogens with one attached hydrogen (secondary N) is 1. The third kappa shape index (κ3) is 3.71. The highest BCUT2D eigenvalue weighted by molar-refractivity contribution is 5.99. The molecular formula is C19H23N3O4. The van der Waals surface area contributed by atoms with Gasteiger partial charge in [-0.3, -0.25) is 4.79 Å². The Morgan fingerprint density at radius 1 is 1.27 bits per heavy atom. The molecule has 0 spiro atoms. The summed E-state index contributed by atoms with van der Waals surface area (Å²) in [5.74, 6) is 0.0294. The van der Waals surface area contributed by atoms with Crippen molar-refractivity contribution in [1.82, 2.24) is 5.16 Å². The molecule has 138 valence electrons. The van der Waals surface area contributed by atoms with Gasteiger partial charge in [-0.05, 0) is 44.9 Å². The van der Waals surface area contributed by atoms with Crippen LogP contribution in [0.3, 0.4) is 0 Å². The molecule has 3 rings (SSSR count). The van der Waals surface area contributed by atoms with E-state index in [4.69, 9.17) is 9.26 Å². The Balaban J connectivity index is 1.85. The van der Waals surface area contributed by atoms with Crippen molar-refractivity contribution in [3.63, 3.8) is 0 Å². The Bertz CT molecular complexity index is 803. The highest BCUT2D eigenvalue weighted by Crippen LogP contribution is 2.30. The molecule has 1 saturated heterocycles. The van der Waals surface area contributed by atoms with Crippen LogP contribution in [-0.4, -0.2) is 37.2 Å². The Hall–Kier alpha value is -2.83. The van der Waals surface area contributed by atoms with Crippen LogP contribution in [0.25, 0.3) is 0 Å². The molecule has 0 unspecified atom stereocenters. The van der Waals surface area contributed by atoms with E-state index in [0.29, 0.717) is 22.7 Å². The Labute approximate surface area is 152 Å². The number of benzene rings is 1. The predicted octanol–water partition coefficient (Wildman–Crippen LogP) is 2.86.